The summed E-state index contributed by atoms with van der Waals surface area (Å²) in [4.78, 5) is 0. The van der Waals surface area contributed by atoms with E-state index in [1.165, 1.54) is 64.2 Å². The summed E-state index contributed by atoms with van der Waals surface area (Å²) >= 11 is 0. The molecule has 0 aromatic carbocycles. The largest absolute Gasteiger partial charge is 0.270 e. The summed E-state index contributed by atoms with van der Waals surface area (Å²) in [5.74, 6) is 0. The Morgan fingerprint density at radius 2 is 1.00 bits per heavy atom. The molecule has 0 aliphatic heterocycles. The lowest BCUT2D eigenvalue weighted by Gasteiger charge is -2.17. The predicted molar refractivity (Wildman–Crippen MR) is 128 cm³/mol. The summed E-state index contributed by atoms with van der Waals surface area (Å²) in [5, 5.41) is -0.317. The highest BCUT2D eigenvalue weighted by Crippen LogP contribution is 2.21. The number of allylic oxidation sites excluding steroid dienone is 2. The normalized spacial score (nSPS) is 11.8. The Balaban J connectivity index is 3.97. The summed E-state index contributed by atoms with van der Waals surface area (Å²) in [6.45, 7) is 9.51. The highest BCUT2D eigenvalue weighted by Gasteiger charge is 2.25. The fourth-order valence-corrected chi connectivity index (χ4v) is 5.21. The van der Waals surface area contributed by atoms with Gasteiger partial charge >= 0.3 is 0 Å². The zero-order valence-corrected chi connectivity index (χ0v) is 20.0. The van der Waals surface area contributed by atoms with Crippen LogP contribution in [0.2, 0.25) is 0 Å². The summed E-state index contributed by atoms with van der Waals surface area (Å²) in [5.41, 5.74) is 0. The van der Waals surface area contributed by atoms with Gasteiger partial charge in [-0.2, -0.15) is 8.42 Å². The van der Waals surface area contributed by atoms with Gasteiger partial charge in [-0.25, -0.2) is 0 Å². The molecule has 0 rings (SSSR count). The van der Waals surface area contributed by atoms with Crippen LogP contribution in [0.15, 0.2) is 25.3 Å². The van der Waals surface area contributed by atoms with Gasteiger partial charge in [0, 0.05) is 0 Å². The first-order chi connectivity index (χ1) is 14.1. The third kappa shape index (κ3) is 17.9. The third-order valence-corrected chi connectivity index (χ3v) is 7.41. The predicted octanol–water partition coefficient (Wildman–Crippen LogP) is 8.12. The minimum absolute atomic E-state index is 0.244. The minimum atomic E-state index is -3.41. The molecular weight excluding hydrogens is 380 g/mol. The van der Waals surface area contributed by atoms with E-state index in [0.717, 1.165) is 51.4 Å². The van der Waals surface area contributed by atoms with Crippen molar-refractivity contribution in [2.45, 2.75) is 128 Å². The monoisotopic (exact) mass is 428 g/mol. The second-order valence-electron chi connectivity index (χ2n) is 8.20. The first kappa shape index (κ1) is 28.4. The van der Waals surface area contributed by atoms with Gasteiger partial charge in [0.25, 0.3) is 10.1 Å². The molecule has 0 unspecified atom stereocenters. The maximum Gasteiger partial charge on any atom is 0.270 e. The fraction of sp³-hybridized carbons (Fsp3) is 0.840. The van der Waals surface area contributed by atoms with E-state index in [0.29, 0.717) is 0 Å². The second kappa shape index (κ2) is 20.7. The van der Waals surface area contributed by atoms with E-state index in [4.69, 9.17) is 4.18 Å². The smallest absolute Gasteiger partial charge is 0.270 e. The lowest BCUT2D eigenvalue weighted by atomic mass is 10.0. The quantitative estimate of drug-likeness (QED) is 0.0937. The van der Waals surface area contributed by atoms with Crippen molar-refractivity contribution in [2.24, 2.45) is 0 Å². The first-order valence-corrected chi connectivity index (χ1v) is 13.7. The Morgan fingerprint density at radius 3 is 1.34 bits per heavy atom. The highest BCUT2D eigenvalue weighted by molar-refractivity contribution is 7.87. The van der Waals surface area contributed by atoms with Gasteiger partial charge in [0.05, 0.1) is 11.9 Å². The Kier molecular flexibility index (Phi) is 20.2. The van der Waals surface area contributed by atoms with Crippen LogP contribution in [-0.4, -0.2) is 20.3 Å². The van der Waals surface area contributed by atoms with Gasteiger partial charge in [-0.1, -0.05) is 89.2 Å². The van der Waals surface area contributed by atoms with Crippen LogP contribution in [0.1, 0.15) is 122 Å². The Hall–Kier alpha value is -0.610. The molecule has 0 radical (unpaired) electrons. The van der Waals surface area contributed by atoms with Gasteiger partial charge in [-0.05, 0) is 45.4 Å². The standard InChI is InChI=1S/C25H48O3S/c1-4-7-9-11-13-15-17-19-21-23-25(29(26,27)28-6-3)24-22-20-18-16-14-12-10-8-5-2/h4-5,25H,1-2,6-24H2,3H3. The summed E-state index contributed by atoms with van der Waals surface area (Å²) in [7, 11) is -3.41. The Bertz CT molecular complexity index is 444. The highest BCUT2D eigenvalue weighted by atomic mass is 32.2. The molecule has 0 bridgehead atoms. The average molecular weight is 429 g/mol. The van der Waals surface area contributed by atoms with Gasteiger partial charge in [0.2, 0.25) is 0 Å². The SMILES string of the molecule is C=CCCCCCCCCCC(CCCCCCCCCC=C)S(=O)(=O)OCC. The molecule has 29 heavy (non-hydrogen) atoms. The maximum atomic E-state index is 12.4. The molecule has 0 N–H and O–H groups in total. The molecule has 0 aliphatic rings. The molecule has 0 fully saturated rings. The third-order valence-electron chi connectivity index (χ3n) is 5.56. The lowest BCUT2D eigenvalue weighted by Crippen LogP contribution is -2.23. The van der Waals surface area contributed by atoms with Crippen molar-refractivity contribution in [3.63, 3.8) is 0 Å². The zero-order valence-electron chi connectivity index (χ0n) is 19.2. The summed E-state index contributed by atoms with van der Waals surface area (Å²) in [6, 6.07) is 0. The molecule has 0 saturated carbocycles. The lowest BCUT2D eigenvalue weighted by molar-refractivity contribution is 0.324. The van der Waals surface area contributed by atoms with Crippen LogP contribution in [0.4, 0.5) is 0 Å². The molecule has 0 amide bonds. The van der Waals surface area contributed by atoms with Gasteiger partial charge in [-0.3, -0.25) is 4.18 Å². The maximum absolute atomic E-state index is 12.4. The Morgan fingerprint density at radius 1 is 0.655 bits per heavy atom. The van der Waals surface area contributed by atoms with Crippen molar-refractivity contribution in [1.29, 1.82) is 0 Å². The molecule has 0 spiro atoms. The molecule has 0 aromatic rings. The number of unbranched alkanes of at least 4 members (excludes halogenated alkanes) is 14. The van der Waals surface area contributed by atoms with E-state index >= 15 is 0 Å². The summed E-state index contributed by atoms with van der Waals surface area (Å²) in [6.07, 6.45) is 24.5. The van der Waals surface area contributed by atoms with Crippen LogP contribution in [0, 0.1) is 0 Å². The van der Waals surface area contributed by atoms with Crippen molar-refractivity contribution < 1.29 is 12.6 Å². The minimum Gasteiger partial charge on any atom is -0.270 e. The van der Waals surface area contributed by atoms with Crippen molar-refractivity contribution in [3.8, 4) is 0 Å². The Labute approximate surface area is 182 Å². The molecule has 172 valence electrons. The summed E-state index contributed by atoms with van der Waals surface area (Å²) < 4.78 is 30.0. The molecule has 4 heteroatoms. The van der Waals surface area contributed by atoms with Crippen LogP contribution in [0.5, 0.6) is 0 Å². The fourth-order valence-electron chi connectivity index (χ4n) is 3.78. The van der Waals surface area contributed by atoms with Crippen molar-refractivity contribution in [3.05, 3.63) is 25.3 Å². The van der Waals surface area contributed by atoms with Gasteiger partial charge < -0.3 is 0 Å². The molecule has 0 aromatic heterocycles. The molecule has 0 aliphatic carbocycles. The second-order valence-corrected chi connectivity index (χ2v) is 10.1. The van der Waals surface area contributed by atoms with Gasteiger partial charge in [0.15, 0.2) is 0 Å². The van der Waals surface area contributed by atoms with Crippen LogP contribution in [0.25, 0.3) is 0 Å². The van der Waals surface area contributed by atoms with Crippen LogP contribution >= 0.6 is 0 Å². The first-order valence-electron chi connectivity index (χ1n) is 12.2. The van der Waals surface area contributed by atoms with E-state index in [2.05, 4.69) is 13.2 Å². The number of hydrogen-bond acceptors (Lipinski definition) is 3. The van der Waals surface area contributed by atoms with Crippen molar-refractivity contribution >= 4 is 10.1 Å². The van der Waals surface area contributed by atoms with Crippen LogP contribution < -0.4 is 0 Å². The topological polar surface area (TPSA) is 43.4 Å². The molecule has 3 nitrogen and oxygen atoms in total. The van der Waals surface area contributed by atoms with E-state index in [-0.39, 0.29) is 11.9 Å². The van der Waals surface area contributed by atoms with E-state index in [9.17, 15) is 8.42 Å². The number of rotatable bonds is 23. The molecule has 0 heterocycles. The van der Waals surface area contributed by atoms with Crippen molar-refractivity contribution in [2.75, 3.05) is 6.61 Å². The van der Waals surface area contributed by atoms with Crippen molar-refractivity contribution in [1.82, 2.24) is 0 Å². The van der Waals surface area contributed by atoms with E-state index < -0.39 is 10.1 Å². The molecule has 0 atom stereocenters. The molecular formula is C25H48O3S. The van der Waals surface area contributed by atoms with E-state index in [1.807, 2.05) is 12.2 Å². The number of hydrogen-bond donors (Lipinski definition) is 0. The zero-order chi connectivity index (χ0) is 21.6. The van der Waals surface area contributed by atoms with E-state index in [1.54, 1.807) is 6.92 Å². The van der Waals surface area contributed by atoms with Crippen LogP contribution in [0.3, 0.4) is 0 Å². The average Bonchev–Trinajstić information content (AvgIpc) is 2.69. The molecule has 0 saturated heterocycles. The van der Waals surface area contributed by atoms with Gasteiger partial charge in [-0.15, -0.1) is 13.2 Å². The van der Waals surface area contributed by atoms with Crippen LogP contribution in [-0.2, 0) is 14.3 Å². The van der Waals surface area contributed by atoms with Gasteiger partial charge in [0.1, 0.15) is 0 Å².